The molecular formula is C18H30BrNO3Si. The molecule has 24 heavy (non-hydrogen) atoms. The smallest absolute Gasteiger partial charge is 0.227 e. The van der Waals surface area contributed by atoms with Gasteiger partial charge in [0.2, 0.25) is 5.91 Å². The van der Waals surface area contributed by atoms with Crippen molar-refractivity contribution >= 4 is 35.8 Å². The molecule has 0 aromatic heterocycles. The molecule has 4 nitrogen and oxygen atoms in total. The van der Waals surface area contributed by atoms with Gasteiger partial charge in [-0.2, -0.15) is 0 Å². The van der Waals surface area contributed by atoms with Crippen LogP contribution >= 0.6 is 15.9 Å². The normalized spacial score (nSPS) is 13.5. The van der Waals surface area contributed by atoms with Crippen molar-refractivity contribution in [2.45, 2.75) is 52.2 Å². The molecule has 0 spiro atoms. The fourth-order valence-electron chi connectivity index (χ4n) is 1.82. The molecule has 6 heteroatoms. The first-order valence-electron chi connectivity index (χ1n) is 8.26. The van der Waals surface area contributed by atoms with Crippen molar-refractivity contribution in [1.82, 2.24) is 0 Å². The predicted octanol–water partition coefficient (Wildman–Crippen LogP) is 5.44. The molecule has 0 aliphatic heterocycles. The molecule has 1 N–H and O–H groups in total. The van der Waals surface area contributed by atoms with Crippen LogP contribution in [0.25, 0.3) is 0 Å². The average molecular weight is 416 g/mol. The fourth-order valence-corrected chi connectivity index (χ4v) is 3.34. The third kappa shape index (κ3) is 5.90. The van der Waals surface area contributed by atoms with Crippen molar-refractivity contribution in [3.63, 3.8) is 0 Å². The highest BCUT2D eigenvalue weighted by Crippen LogP contribution is 2.36. The summed E-state index contributed by atoms with van der Waals surface area (Å²) in [5.41, 5.74) is 0.748. The van der Waals surface area contributed by atoms with Crippen LogP contribution in [-0.4, -0.2) is 27.9 Å². The minimum absolute atomic E-state index is 0.000279. The maximum atomic E-state index is 12.4. The molecule has 0 heterocycles. The number of rotatable bonds is 7. The molecule has 1 rings (SSSR count). The van der Waals surface area contributed by atoms with Gasteiger partial charge in [-0.1, -0.05) is 27.7 Å². The summed E-state index contributed by atoms with van der Waals surface area (Å²) in [6, 6.07) is 5.49. The molecule has 0 radical (unpaired) electrons. The number of hydrogen-bond donors (Lipinski definition) is 1. The molecule has 0 saturated heterocycles. The molecule has 0 bridgehead atoms. The number of anilines is 1. The van der Waals surface area contributed by atoms with Crippen LogP contribution < -0.4 is 10.1 Å². The Labute approximate surface area is 155 Å². The SMILES string of the molecule is COc1ccc(NC(=O)C(C)CCO[Si](C)(C)C(C)(C)C)c(Br)c1. The van der Waals surface area contributed by atoms with E-state index >= 15 is 0 Å². The first-order chi connectivity index (χ1) is 11.0. The van der Waals surface area contributed by atoms with Crippen molar-refractivity contribution in [3.8, 4) is 5.75 Å². The third-order valence-electron chi connectivity index (χ3n) is 4.70. The number of benzene rings is 1. The van der Waals surface area contributed by atoms with Crippen molar-refractivity contribution < 1.29 is 14.0 Å². The predicted molar refractivity (Wildman–Crippen MR) is 106 cm³/mol. The van der Waals surface area contributed by atoms with Crippen LogP contribution in [0.3, 0.4) is 0 Å². The van der Waals surface area contributed by atoms with E-state index in [2.05, 4.69) is 55.1 Å². The number of methoxy groups -OCH3 is 1. The minimum atomic E-state index is -1.75. The first kappa shape index (κ1) is 21.2. The summed E-state index contributed by atoms with van der Waals surface area (Å²) in [4.78, 5) is 12.4. The van der Waals surface area contributed by atoms with Crippen LogP contribution in [0.2, 0.25) is 18.1 Å². The van der Waals surface area contributed by atoms with E-state index in [-0.39, 0.29) is 16.9 Å². The van der Waals surface area contributed by atoms with Crippen molar-refractivity contribution in [2.75, 3.05) is 19.0 Å². The summed E-state index contributed by atoms with van der Waals surface area (Å²) in [5, 5.41) is 3.14. The second-order valence-corrected chi connectivity index (χ2v) is 13.3. The van der Waals surface area contributed by atoms with Gasteiger partial charge >= 0.3 is 0 Å². The summed E-state index contributed by atoms with van der Waals surface area (Å²) >= 11 is 3.45. The van der Waals surface area contributed by atoms with Gasteiger partial charge in [-0.3, -0.25) is 4.79 Å². The van der Waals surface area contributed by atoms with Crippen LogP contribution in [0.5, 0.6) is 5.75 Å². The summed E-state index contributed by atoms with van der Waals surface area (Å²) < 4.78 is 12.1. The van der Waals surface area contributed by atoms with E-state index in [9.17, 15) is 4.79 Å². The lowest BCUT2D eigenvalue weighted by Gasteiger charge is -2.36. The highest BCUT2D eigenvalue weighted by molar-refractivity contribution is 9.10. The number of halogens is 1. The van der Waals surface area contributed by atoms with Gasteiger partial charge in [0.1, 0.15) is 5.75 Å². The topological polar surface area (TPSA) is 47.6 Å². The van der Waals surface area contributed by atoms with E-state index in [1.54, 1.807) is 7.11 Å². The zero-order valence-corrected chi connectivity index (χ0v) is 18.4. The number of nitrogens with one attached hydrogen (secondary N) is 1. The second-order valence-electron chi connectivity index (χ2n) is 7.63. The maximum Gasteiger partial charge on any atom is 0.227 e. The molecule has 0 saturated carbocycles. The Hall–Kier alpha value is -0.853. The standard InChI is InChI=1S/C18H30BrNO3Si/c1-13(10-11-23-24(6,7)18(2,3)4)17(21)20-16-9-8-14(22-5)12-15(16)19/h8-9,12-13H,10-11H2,1-7H3,(H,20,21). The summed E-state index contributed by atoms with van der Waals surface area (Å²) in [7, 11) is -0.138. The Kier molecular flexibility index (Phi) is 7.50. The molecule has 0 aliphatic carbocycles. The molecule has 1 amide bonds. The van der Waals surface area contributed by atoms with Crippen molar-refractivity contribution in [3.05, 3.63) is 22.7 Å². The third-order valence-corrected chi connectivity index (χ3v) is 9.90. The minimum Gasteiger partial charge on any atom is -0.497 e. The number of ether oxygens (including phenoxy) is 1. The van der Waals surface area contributed by atoms with Crippen LogP contribution in [0.1, 0.15) is 34.1 Å². The van der Waals surface area contributed by atoms with Crippen LogP contribution in [0, 0.1) is 5.92 Å². The Morgan fingerprint density at radius 3 is 2.46 bits per heavy atom. The zero-order chi connectivity index (χ0) is 18.5. The highest BCUT2D eigenvalue weighted by Gasteiger charge is 2.37. The lowest BCUT2D eigenvalue weighted by molar-refractivity contribution is -0.119. The average Bonchev–Trinajstić information content (AvgIpc) is 2.47. The van der Waals surface area contributed by atoms with Gasteiger partial charge in [-0.15, -0.1) is 0 Å². The highest BCUT2D eigenvalue weighted by atomic mass is 79.9. The molecule has 1 unspecified atom stereocenters. The molecule has 136 valence electrons. The maximum absolute atomic E-state index is 12.4. The van der Waals surface area contributed by atoms with Crippen LogP contribution in [0.4, 0.5) is 5.69 Å². The Balaban J connectivity index is 2.54. The van der Waals surface area contributed by atoms with Gasteiger partial charge in [0.15, 0.2) is 8.32 Å². The Bertz CT molecular complexity index is 570. The molecule has 0 fully saturated rings. The van der Waals surface area contributed by atoms with E-state index in [1.807, 2.05) is 25.1 Å². The molecule has 1 aromatic rings. The van der Waals surface area contributed by atoms with E-state index in [0.29, 0.717) is 13.0 Å². The Morgan fingerprint density at radius 1 is 1.33 bits per heavy atom. The quantitative estimate of drug-likeness (QED) is 0.602. The number of carbonyl (C=O) groups excluding carboxylic acids is 1. The zero-order valence-electron chi connectivity index (χ0n) is 15.8. The lowest BCUT2D eigenvalue weighted by Crippen LogP contribution is -2.41. The molecule has 1 atom stereocenters. The van der Waals surface area contributed by atoms with Gasteiger partial charge in [0, 0.05) is 17.0 Å². The van der Waals surface area contributed by atoms with Crippen molar-refractivity contribution in [1.29, 1.82) is 0 Å². The van der Waals surface area contributed by atoms with Crippen LogP contribution in [0.15, 0.2) is 22.7 Å². The fraction of sp³-hybridized carbons (Fsp3) is 0.611. The summed E-state index contributed by atoms with van der Waals surface area (Å²) in [6.45, 7) is 13.7. The molecule has 0 aliphatic rings. The van der Waals surface area contributed by atoms with E-state index in [0.717, 1.165) is 15.9 Å². The van der Waals surface area contributed by atoms with Gasteiger partial charge in [-0.05, 0) is 58.7 Å². The van der Waals surface area contributed by atoms with E-state index in [4.69, 9.17) is 9.16 Å². The van der Waals surface area contributed by atoms with E-state index < -0.39 is 8.32 Å². The van der Waals surface area contributed by atoms with Gasteiger partial charge < -0.3 is 14.5 Å². The number of carbonyl (C=O) groups is 1. The van der Waals surface area contributed by atoms with E-state index in [1.165, 1.54) is 0 Å². The van der Waals surface area contributed by atoms with Gasteiger partial charge in [0.25, 0.3) is 0 Å². The van der Waals surface area contributed by atoms with Crippen LogP contribution in [-0.2, 0) is 9.22 Å². The number of hydrogen-bond acceptors (Lipinski definition) is 3. The second kappa shape index (κ2) is 8.49. The Morgan fingerprint density at radius 2 is 1.96 bits per heavy atom. The van der Waals surface area contributed by atoms with Crippen molar-refractivity contribution in [2.24, 2.45) is 5.92 Å². The first-order valence-corrected chi connectivity index (χ1v) is 12.0. The summed E-state index contributed by atoms with van der Waals surface area (Å²) in [5.74, 6) is 0.638. The molecular weight excluding hydrogens is 386 g/mol. The largest absolute Gasteiger partial charge is 0.497 e. The monoisotopic (exact) mass is 415 g/mol. The number of amides is 1. The van der Waals surface area contributed by atoms with Gasteiger partial charge in [-0.25, -0.2) is 0 Å². The lowest BCUT2D eigenvalue weighted by atomic mass is 10.1. The summed E-state index contributed by atoms with van der Waals surface area (Å²) in [6.07, 6.45) is 0.714. The molecule has 1 aromatic carbocycles. The van der Waals surface area contributed by atoms with Gasteiger partial charge in [0.05, 0.1) is 12.8 Å².